The van der Waals surface area contributed by atoms with Gasteiger partial charge < -0.3 is 4.57 Å². The third-order valence-electron chi connectivity index (χ3n) is 3.45. The lowest BCUT2D eigenvalue weighted by Gasteiger charge is -2.07. The molecule has 106 valence electrons. The summed E-state index contributed by atoms with van der Waals surface area (Å²) in [6, 6.07) is 9.80. The van der Waals surface area contributed by atoms with Crippen LogP contribution < -0.4 is 0 Å². The van der Waals surface area contributed by atoms with Gasteiger partial charge in [0.05, 0.1) is 11.6 Å². The molecule has 0 saturated heterocycles. The topological polar surface area (TPSA) is 54.5 Å². The summed E-state index contributed by atoms with van der Waals surface area (Å²) in [4.78, 5) is 0. The average Bonchev–Trinajstić information content (AvgIpc) is 3.29. The van der Waals surface area contributed by atoms with Gasteiger partial charge in [-0.05, 0) is 30.5 Å². The molecule has 1 aromatic heterocycles. The molecular weight excluding hydrogens is 280 g/mol. The average molecular weight is 296 g/mol. The van der Waals surface area contributed by atoms with E-state index in [9.17, 15) is 0 Å². The van der Waals surface area contributed by atoms with Crippen LogP contribution in [-0.4, -0.2) is 14.8 Å². The van der Waals surface area contributed by atoms with Crippen LogP contribution in [0.1, 0.15) is 35.7 Å². The number of allylic oxidation sites excluding steroid dienone is 1. The van der Waals surface area contributed by atoms with Gasteiger partial charge in [0.1, 0.15) is 5.82 Å². The van der Waals surface area contributed by atoms with Gasteiger partial charge in [-0.25, -0.2) is 0 Å². The van der Waals surface area contributed by atoms with Gasteiger partial charge in [0, 0.05) is 18.2 Å². The van der Waals surface area contributed by atoms with Gasteiger partial charge in [0.25, 0.3) is 0 Å². The van der Waals surface area contributed by atoms with E-state index in [0.29, 0.717) is 11.5 Å². The van der Waals surface area contributed by atoms with Crippen LogP contribution in [0.15, 0.2) is 42.1 Å². The van der Waals surface area contributed by atoms with E-state index in [1.807, 2.05) is 30.3 Å². The van der Waals surface area contributed by atoms with Crippen molar-refractivity contribution in [2.75, 3.05) is 0 Å². The molecule has 1 aromatic carbocycles. The highest BCUT2D eigenvalue weighted by molar-refractivity contribution is 7.98. The molecule has 1 fully saturated rings. The highest BCUT2D eigenvalue weighted by Gasteiger charge is 2.30. The molecule has 0 spiro atoms. The smallest absolute Gasteiger partial charge is 0.191 e. The van der Waals surface area contributed by atoms with Crippen LogP contribution >= 0.6 is 11.8 Å². The van der Waals surface area contributed by atoms with Gasteiger partial charge in [-0.15, -0.1) is 16.8 Å². The van der Waals surface area contributed by atoms with E-state index in [2.05, 4.69) is 27.4 Å². The second-order valence-electron chi connectivity index (χ2n) is 5.11. The van der Waals surface area contributed by atoms with Gasteiger partial charge in [0.2, 0.25) is 0 Å². The molecule has 0 atom stereocenters. The number of nitriles is 1. The van der Waals surface area contributed by atoms with Crippen molar-refractivity contribution in [3.63, 3.8) is 0 Å². The van der Waals surface area contributed by atoms with Crippen LogP contribution in [0, 0.1) is 11.3 Å². The Morgan fingerprint density at radius 1 is 1.33 bits per heavy atom. The Balaban J connectivity index is 1.72. The van der Waals surface area contributed by atoms with E-state index in [4.69, 9.17) is 5.26 Å². The summed E-state index contributed by atoms with van der Waals surface area (Å²) < 4.78 is 2.17. The van der Waals surface area contributed by atoms with E-state index < -0.39 is 0 Å². The van der Waals surface area contributed by atoms with Crippen molar-refractivity contribution in [3.8, 4) is 6.07 Å². The molecule has 0 radical (unpaired) electrons. The number of hydrogen-bond acceptors (Lipinski definition) is 4. The van der Waals surface area contributed by atoms with E-state index in [0.717, 1.165) is 23.3 Å². The molecule has 1 aliphatic rings. The summed E-state index contributed by atoms with van der Waals surface area (Å²) in [5.74, 6) is 2.50. The number of hydrogen-bond donors (Lipinski definition) is 0. The molecule has 1 saturated carbocycles. The van der Waals surface area contributed by atoms with Gasteiger partial charge in [-0.3, -0.25) is 0 Å². The molecule has 0 N–H and O–H groups in total. The first-order valence-corrected chi connectivity index (χ1v) is 7.96. The zero-order valence-corrected chi connectivity index (χ0v) is 12.5. The highest BCUT2D eigenvalue weighted by atomic mass is 32.2. The molecule has 21 heavy (non-hydrogen) atoms. The van der Waals surface area contributed by atoms with E-state index in [1.165, 1.54) is 18.4 Å². The fourth-order valence-electron chi connectivity index (χ4n) is 2.17. The summed E-state index contributed by atoms with van der Waals surface area (Å²) >= 11 is 1.68. The first kappa shape index (κ1) is 13.9. The van der Waals surface area contributed by atoms with Crippen LogP contribution in [0.5, 0.6) is 0 Å². The zero-order chi connectivity index (χ0) is 14.7. The maximum atomic E-state index is 8.81. The first-order valence-electron chi connectivity index (χ1n) is 6.97. The quantitative estimate of drug-likeness (QED) is 0.604. The minimum atomic E-state index is 0.585. The molecule has 0 bridgehead atoms. The predicted molar refractivity (Wildman–Crippen MR) is 82.9 cm³/mol. The minimum Gasteiger partial charge on any atom is -0.302 e. The maximum Gasteiger partial charge on any atom is 0.191 e. The SMILES string of the molecule is C=CCn1c(SCc2ccc(C#N)cc2)nnc1C1CC1. The van der Waals surface area contributed by atoms with E-state index in [-0.39, 0.29) is 0 Å². The molecule has 0 unspecified atom stereocenters. The lowest BCUT2D eigenvalue weighted by Crippen LogP contribution is -2.02. The van der Waals surface area contributed by atoms with Gasteiger partial charge in [-0.1, -0.05) is 30.0 Å². The van der Waals surface area contributed by atoms with E-state index >= 15 is 0 Å². The molecule has 4 nitrogen and oxygen atoms in total. The van der Waals surface area contributed by atoms with E-state index in [1.54, 1.807) is 11.8 Å². The molecule has 1 heterocycles. The van der Waals surface area contributed by atoms with Crippen molar-refractivity contribution in [3.05, 3.63) is 53.9 Å². The second-order valence-corrected chi connectivity index (χ2v) is 6.05. The monoisotopic (exact) mass is 296 g/mol. The van der Waals surface area contributed by atoms with Crippen molar-refractivity contribution in [2.24, 2.45) is 0 Å². The third kappa shape index (κ3) is 3.17. The fourth-order valence-corrected chi connectivity index (χ4v) is 3.09. The Kier molecular flexibility index (Phi) is 4.07. The Morgan fingerprint density at radius 3 is 2.71 bits per heavy atom. The van der Waals surface area contributed by atoms with Crippen LogP contribution in [-0.2, 0) is 12.3 Å². The summed E-state index contributed by atoms with van der Waals surface area (Å²) in [7, 11) is 0. The Bertz CT molecular complexity index is 677. The lowest BCUT2D eigenvalue weighted by atomic mass is 10.2. The Morgan fingerprint density at radius 2 is 2.10 bits per heavy atom. The van der Waals surface area contributed by atoms with Crippen molar-refractivity contribution >= 4 is 11.8 Å². The summed E-state index contributed by atoms with van der Waals surface area (Å²) in [6.45, 7) is 4.58. The summed E-state index contributed by atoms with van der Waals surface area (Å²) in [6.07, 6.45) is 4.33. The second kappa shape index (κ2) is 6.15. The van der Waals surface area contributed by atoms with Crippen LogP contribution in [0.25, 0.3) is 0 Å². The van der Waals surface area contributed by atoms with Gasteiger partial charge in [0.15, 0.2) is 5.16 Å². The lowest BCUT2D eigenvalue weighted by molar-refractivity contribution is 0.681. The Labute approximate surface area is 128 Å². The standard InChI is InChI=1S/C16H16N4S/c1-2-9-20-15(14-7-8-14)18-19-16(20)21-11-13-5-3-12(10-17)4-6-13/h2-6,14H,1,7-9,11H2. The molecule has 0 aliphatic heterocycles. The third-order valence-corrected chi connectivity index (χ3v) is 4.49. The first-order chi connectivity index (χ1) is 10.3. The van der Waals surface area contributed by atoms with Crippen molar-refractivity contribution in [2.45, 2.75) is 36.2 Å². The number of aromatic nitrogens is 3. The molecule has 2 aromatic rings. The molecule has 3 rings (SSSR count). The molecular formula is C16H16N4S. The fraction of sp³-hybridized carbons (Fsp3) is 0.312. The van der Waals surface area contributed by atoms with Gasteiger partial charge in [-0.2, -0.15) is 5.26 Å². The molecule has 0 amide bonds. The molecule has 1 aliphatic carbocycles. The summed E-state index contributed by atoms with van der Waals surface area (Å²) in [5.41, 5.74) is 1.87. The van der Waals surface area contributed by atoms with Crippen molar-refractivity contribution in [1.29, 1.82) is 5.26 Å². The highest BCUT2D eigenvalue weighted by Crippen LogP contribution is 2.40. The van der Waals surface area contributed by atoms with Crippen LogP contribution in [0.2, 0.25) is 0 Å². The minimum absolute atomic E-state index is 0.585. The van der Waals surface area contributed by atoms with Crippen LogP contribution in [0.3, 0.4) is 0 Å². The number of thioether (sulfide) groups is 1. The maximum absolute atomic E-state index is 8.81. The molecule has 5 heteroatoms. The predicted octanol–water partition coefficient (Wildman–Crippen LogP) is 3.51. The van der Waals surface area contributed by atoms with Crippen molar-refractivity contribution in [1.82, 2.24) is 14.8 Å². The Hall–Kier alpha value is -2.06. The van der Waals surface area contributed by atoms with Crippen molar-refractivity contribution < 1.29 is 0 Å². The summed E-state index contributed by atoms with van der Waals surface area (Å²) in [5, 5.41) is 18.4. The largest absolute Gasteiger partial charge is 0.302 e. The number of benzene rings is 1. The number of nitrogens with zero attached hydrogens (tertiary/aromatic N) is 4. The normalized spacial score (nSPS) is 13.9. The zero-order valence-electron chi connectivity index (χ0n) is 11.7. The van der Waals surface area contributed by atoms with Gasteiger partial charge >= 0.3 is 0 Å². The van der Waals surface area contributed by atoms with Crippen LogP contribution in [0.4, 0.5) is 0 Å². The number of rotatable bonds is 6.